The first-order valence-corrected chi connectivity index (χ1v) is 9.77. The van der Waals surface area contributed by atoms with E-state index in [4.69, 9.17) is 0 Å². The molecule has 2 rings (SSSR count). The Kier molecular flexibility index (Phi) is 7.02. The highest BCUT2D eigenvalue weighted by Crippen LogP contribution is 2.29. The minimum Gasteiger partial charge on any atom is -0.404 e. The number of hydrogen-bond acceptors (Lipinski definition) is 7. The van der Waals surface area contributed by atoms with Crippen LogP contribution in [0, 0.1) is 6.92 Å². The van der Waals surface area contributed by atoms with Gasteiger partial charge in [-0.1, -0.05) is 12.1 Å². The third-order valence-electron chi connectivity index (χ3n) is 3.28. The molecule has 0 aliphatic rings. The van der Waals surface area contributed by atoms with Crippen molar-refractivity contribution in [3.63, 3.8) is 0 Å². The highest BCUT2D eigenvalue weighted by molar-refractivity contribution is 7.89. The molecule has 0 unspecified atom stereocenters. The summed E-state index contributed by atoms with van der Waals surface area (Å²) in [6.07, 6.45) is -5.00. The van der Waals surface area contributed by atoms with E-state index in [9.17, 15) is 21.6 Å². The number of anilines is 2. The number of aromatic nitrogens is 2. The molecule has 0 spiro atoms. The third-order valence-corrected chi connectivity index (χ3v) is 4.78. The highest BCUT2D eigenvalue weighted by atomic mass is 32.2. The molecule has 0 fully saturated rings. The maximum Gasteiger partial charge on any atom is 0.573 e. The molecule has 28 heavy (non-hydrogen) atoms. The van der Waals surface area contributed by atoms with E-state index >= 15 is 0 Å². The Balaban J connectivity index is 2.00. The zero-order chi connectivity index (χ0) is 20.8. The molecule has 0 amide bonds. The number of rotatable bonds is 9. The van der Waals surface area contributed by atoms with Crippen LogP contribution in [0.4, 0.5) is 24.9 Å². The van der Waals surface area contributed by atoms with Gasteiger partial charge in [-0.3, -0.25) is 0 Å². The van der Waals surface area contributed by atoms with Crippen molar-refractivity contribution in [3.05, 3.63) is 36.0 Å². The molecule has 0 aliphatic heterocycles. The second kappa shape index (κ2) is 9.06. The Labute approximate surface area is 160 Å². The normalized spacial score (nSPS) is 11.9. The summed E-state index contributed by atoms with van der Waals surface area (Å²) in [6, 6.07) is 6.28. The summed E-state index contributed by atoms with van der Waals surface area (Å²) in [5.74, 6) is 0.125. The van der Waals surface area contributed by atoms with Crippen molar-refractivity contribution in [2.45, 2.75) is 25.1 Å². The minimum absolute atomic E-state index is 0.101. The van der Waals surface area contributed by atoms with Crippen molar-refractivity contribution >= 4 is 21.8 Å². The van der Waals surface area contributed by atoms with Gasteiger partial charge in [-0.05, 0) is 26.0 Å². The molecule has 0 aliphatic carbocycles. The monoisotopic (exact) mass is 419 g/mol. The molecule has 12 heteroatoms. The van der Waals surface area contributed by atoms with E-state index in [0.717, 1.165) is 12.1 Å². The number of hydrogen-bond donors (Lipinski definition) is 3. The predicted molar refractivity (Wildman–Crippen MR) is 97.7 cm³/mol. The maximum absolute atomic E-state index is 12.5. The molecule has 1 aromatic carbocycles. The first kappa shape index (κ1) is 21.7. The highest BCUT2D eigenvalue weighted by Gasteiger charge is 2.33. The Bertz CT molecular complexity index is 907. The molecule has 8 nitrogen and oxygen atoms in total. The van der Waals surface area contributed by atoms with Crippen molar-refractivity contribution in [2.75, 3.05) is 30.3 Å². The number of halogens is 3. The Morgan fingerprint density at radius 2 is 1.82 bits per heavy atom. The van der Waals surface area contributed by atoms with Crippen molar-refractivity contribution in [3.8, 4) is 5.75 Å². The maximum atomic E-state index is 12.5. The Morgan fingerprint density at radius 3 is 2.50 bits per heavy atom. The largest absolute Gasteiger partial charge is 0.573 e. The van der Waals surface area contributed by atoms with Crippen LogP contribution in [0.15, 0.2) is 35.2 Å². The summed E-state index contributed by atoms with van der Waals surface area (Å²) in [5, 5.41) is 5.90. The van der Waals surface area contributed by atoms with Gasteiger partial charge in [-0.15, -0.1) is 13.2 Å². The van der Waals surface area contributed by atoms with Gasteiger partial charge in [0.25, 0.3) is 0 Å². The van der Waals surface area contributed by atoms with Gasteiger partial charge in [0.05, 0.1) is 0 Å². The lowest BCUT2D eigenvalue weighted by Crippen LogP contribution is -2.30. The summed E-state index contributed by atoms with van der Waals surface area (Å²) in [6.45, 7) is 4.40. The standard InChI is InChI=1S/C16H20F3N5O3S/c1-3-20-14-10-11(2)23-15(24-14)21-8-9-22-28(25,26)13-7-5-4-6-12(13)27-16(17,18)19/h4-7,10,22H,3,8-9H2,1-2H3,(H2,20,21,23,24). The molecule has 0 bridgehead atoms. The van der Waals surface area contributed by atoms with Crippen LogP contribution < -0.4 is 20.1 Å². The molecule has 0 saturated carbocycles. The van der Waals surface area contributed by atoms with Crippen molar-refractivity contribution in [2.24, 2.45) is 0 Å². The number of aryl methyl sites for hydroxylation is 1. The van der Waals surface area contributed by atoms with Gasteiger partial charge in [-0.2, -0.15) is 4.98 Å². The fourth-order valence-corrected chi connectivity index (χ4v) is 3.40. The lowest BCUT2D eigenvalue weighted by Gasteiger charge is -2.14. The molecule has 1 heterocycles. The van der Waals surface area contributed by atoms with Gasteiger partial charge in [0, 0.05) is 31.4 Å². The Hall–Kier alpha value is -2.60. The van der Waals surface area contributed by atoms with Crippen molar-refractivity contribution in [1.82, 2.24) is 14.7 Å². The van der Waals surface area contributed by atoms with E-state index in [2.05, 4.69) is 30.1 Å². The number of alkyl halides is 3. The summed E-state index contributed by atoms with van der Waals surface area (Å²) in [5.41, 5.74) is 0.715. The first-order valence-electron chi connectivity index (χ1n) is 8.28. The quantitative estimate of drug-likeness (QED) is 0.537. The number of ether oxygens (including phenoxy) is 1. The summed E-state index contributed by atoms with van der Waals surface area (Å²) in [7, 11) is -4.21. The van der Waals surface area contributed by atoms with Gasteiger partial charge in [-0.25, -0.2) is 18.1 Å². The molecule has 0 atom stereocenters. The van der Waals surface area contributed by atoms with Gasteiger partial charge in [0.15, 0.2) is 0 Å². The number of nitrogens with one attached hydrogen (secondary N) is 3. The number of sulfonamides is 1. The van der Waals surface area contributed by atoms with E-state index in [0.29, 0.717) is 24.0 Å². The molecular weight excluding hydrogens is 399 g/mol. The summed E-state index contributed by atoms with van der Waals surface area (Å²) in [4.78, 5) is 7.79. The molecule has 0 saturated heterocycles. The molecular formula is C16H20F3N5O3S. The average Bonchev–Trinajstić information content (AvgIpc) is 2.57. The van der Waals surface area contributed by atoms with Crippen LogP contribution in [0.2, 0.25) is 0 Å². The van der Waals surface area contributed by atoms with Gasteiger partial charge >= 0.3 is 6.36 Å². The summed E-state index contributed by atoms with van der Waals surface area (Å²) < 4.78 is 68.0. The lowest BCUT2D eigenvalue weighted by molar-refractivity contribution is -0.275. The van der Waals surface area contributed by atoms with Gasteiger partial charge < -0.3 is 15.4 Å². The molecule has 0 radical (unpaired) electrons. The number of benzene rings is 1. The second-order valence-electron chi connectivity index (χ2n) is 5.57. The molecule has 1 aromatic heterocycles. The van der Waals surface area contributed by atoms with Crippen LogP contribution in [0.25, 0.3) is 0 Å². The van der Waals surface area contributed by atoms with Crippen LogP contribution in [-0.2, 0) is 10.0 Å². The fourth-order valence-electron chi connectivity index (χ4n) is 2.24. The second-order valence-corrected chi connectivity index (χ2v) is 7.30. The van der Waals surface area contributed by atoms with E-state index in [1.807, 2.05) is 6.92 Å². The zero-order valence-corrected chi connectivity index (χ0v) is 16.0. The van der Waals surface area contributed by atoms with Crippen molar-refractivity contribution < 1.29 is 26.3 Å². The van der Waals surface area contributed by atoms with Crippen molar-refractivity contribution in [1.29, 1.82) is 0 Å². The SMILES string of the molecule is CCNc1cc(C)nc(NCCNS(=O)(=O)c2ccccc2OC(F)(F)F)n1. The lowest BCUT2D eigenvalue weighted by atomic mass is 10.3. The molecule has 2 aromatic rings. The van der Waals surface area contributed by atoms with Crippen LogP contribution >= 0.6 is 0 Å². The number of nitrogens with zero attached hydrogens (tertiary/aromatic N) is 2. The predicted octanol–water partition coefficient (Wildman–Crippen LogP) is 2.51. The fraction of sp³-hybridized carbons (Fsp3) is 0.375. The van der Waals surface area contributed by atoms with Crippen LogP contribution in [0.5, 0.6) is 5.75 Å². The van der Waals surface area contributed by atoms with E-state index in [-0.39, 0.29) is 13.1 Å². The summed E-state index contributed by atoms with van der Waals surface area (Å²) >= 11 is 0. The van der Waals surface area contributed by atoms with Gasteiger partial charge in [0.1, 0.15) is 16.5 Å². The Morgan fingerprint density at radius 1 is 1.11 bits per heavy atom. The van der Waals surface area contributed by atoms with Crippen LogP contribution in [0.3, 0.4) is 0 Å². The van der Waals surface area contributed by atoms with Crippen LogP contribution in [0.1, 0.15) is 12.6 Å². The number of para-hydroxylation sites is 1. The smallest absolute Gasteiger partial charge is 0.404 e. The average molecular weight is 419 g/mol. The van der Waals surface area contributed by atoms with Gasteiger partial charge in [0.2, 0.25) is 16.0 Å². The van der Waals surface area contributed by atoms with E-state index in [1.165, 1.54) is 12.1 Å². The third kappa shape index (κ3) is 6.53. The van der Waals surface area contributed by atoms with E-state index < -0.39 is 27.0 Å². The van der Waals surface area contributed by atoms with Crippen LogP contribution in [-0.4, -0.2) is 44.4 Å². The topological polar surface area (TPSA) is 105 Å². The zero-order valence-electron chi connectivity index (χ0n) is 15.2. The minimum atomic E-state index is -5.00. The molecule has 154 valence electrons. The molecule has 3 N–H and O–H groups in total. The van der Waals surface area contributed by atoms with E-state index in [1.54, 1.807) is 13.0 Å². The first-order chi connectivity index (χ1) is 13.1.